The van der Waals surface area contributed by atoms with Gasteiger partial charge in [-0.2, -0.15) is 0 Å². The molecule has 3 atom stereocenters. The van der Waals surface area contributed by atoms with Crippen molar-refractivity contribution in [3.8, 4) is 33.8 Å². The third kappa shape index (κ3) is 7.00. The van der Waals surface area contributed by atoms with Crippen LogP contribution in [0.25, 0.3) is 55.9 Å². The predicted molar refractivity (Wildman–Crippen MR) is 245 cm³/mol. The predicted octanol–water partition coefficient (Wildman–Crippen LogP) is 12.6. The first kappa shape index (κ1) is 35.9. The minimum absolute atomic E-state index is 0.0267. The number of nitrogens with two attached hydrogens (primary N) is 1. The van der Waals surface area contributed by atoms with Crippen molar-refractivity contribution in [1.29, 1.82) is 0 Å². The van der Waals surface area contributed by atoms with Crippen LogP contribution in [-0.4, -0.2) is 21.7 Å². The Labute approximate surface area is 345 Å². The Kier molecular flexibility index (Phi) is 9.65. The average molecular weight is 759 g/mol. The van der Waals surface area contributed by atoms with E-state index in [9.17, 15) is 0 Å². The Balaban J connectivity index is 1.14. The van der Waals surface area contributed by atoms with Crippen molar-refractivity contribution in [3.05, 3.63) is 240 Å². The zero-order valence-electron chi connectivity index (χ0n) is 32.6. The normalized spacial score (nSPS) is 17.6. The maximum atomic E-state index is 7.36. The fourth-order valence-corrected chi connectivity index (χ4v) is 8.77. The lowest BCUT2D eigenvalue weighted by molar-refractivity contribution is 0.457. The Morgan fingerprint density at radius 3 is 1.97 bits per heavy atom. The van der Waals surface area contributed by atoms with Crippen molar-refractivity contribution < 1.29 is 0 Å². The minimum atomic E-state index is -0.106. The monoisotopic (exact) mass is 758 g/mol. The number of aromatic nitrogens is 2. The van der Waals surface area contributed by atoms with Crippen LogP contribution in [0.5, 0.6) is 0 Å². The molecule has 282 valence electrons. The smallest absolute Gasteiger partial charge is 0.160 e. The van der Waals surface area contributed by atoms with E-state index in [0.29, 0.717) is 11.5 Å². The molecule has 8 aromatic rings. The molecule has 1 aliphatic carbocycles. The highest BCUT2D eigenvalue weighted by Gasteiger charge is 2.38. The van der Waals surface area contributed by atoms with Crippen LogP contribution < -0.4 is 5.73 Å². The molecule has 0 spiro atoms. The third-order valence-corrected chi connectivity index (χ3v) is 11.6. The number of aliphatic imine (C=N–C) groups is 1. The van der Waals surface area contributed by atoms with Crippen LogP contribution in [0.2, 0.25) is 0 Å². The van der Waals surface area contributed by atoms with E-state index in [1.807, 2.05) is 30.3 Å². The number of fused-ring (bicyclic) bond motifs is 2. The Bertz CT molecular complexity index is 2910. The van der Waals surface area contributed by atoms with Crippen LogP contribution in [0.3, 0.4) is 0 Å². The molecule has 4 nitrogen and oxygen atoms in total. The Morgan fingerprint density at radius 2 is 1.20 bits per heavy atom. The molecule has 0 fully saturated rings. The minimum Gasteiger partial charge on any atom is -0.398 e. The molecule has 2 N–H and O–H groups in total. The maximum absolute atomic E-state index is 7.36. The van der Waals surface area contributed by atoms with Crippen LogP contribution in [0, 0.1) is 5.92 Å². The van der Waals surface area contributed by atoms with E-state index in [1.54, 1.807) is 0 Å². The molecule has 1 aromatic heterocycles. The maximum Gasteiger partial charge on any atom is 0.160 e. The molecule has 0 radical (unpaired) electrons. The van der Waals surface area contributed by atoms with E-state index in [1.165, 1.54) is 16.7 Å². The summed E-state index contributed by atoms with van der Waals surface area (Å²) in [4.78, 5) is 16.1. The average Bonchev–Trinajstić information content (AvgIpc) is 3.32. The summed E-state index contributed by atoms with van der Waals surface area (Å²) in [5.74, 6) is 0.859. The Morgan fingerprint density at radius 1 is 0.542 bits per heavy atom. The number of hydrogen-bond donors (Lipinski definition) is 1. The molecule has 2 heterocycles. The lowest BCUT2D eigenvalue weighted by atomic mass is 9.72. The van der Waals surface area contributed by atoms with E-state index in [0.717, 1.165) is 67.7 Å². The van der Waals surface area contributed by atoms with Gasteiger partial charge in [-0.1, -0.05) is 200 Å². The molecule has 59 heavy (non-hydrogen) atoms. The zero-order chi connectivity index (χ0) is 39.5. The second kappa shape index (κ2) is 15.8. The van der Waals surface area contributed by atoms with Gasteiger partial charge in [0.15, 0.2) is 5.82 Å². The molecule has 0 saturated carbocycles. The van der Waals surface area contributed by atoms with Crippen LogP contribution in [0.15, 0.2) is 217 Å². The Hall–Kier alpha value is -7.43. The molecule has 0 saturated heterocycles. The highest BCUT2D eigenvalue weighted by Crippen LogP contribution is 2.45. The topological polar surface area (TPSA) is 64.2 Å². The summed E-state index contributed by atoms with van der Waals surface area (Å²) in [5, 5.41) is 1.02. The number of hydrogen-bond acceptors (Lipinski definition) is 4. The van der Waals surface area contributed by atoms with Gasteiger partial charge in [-0.15, -0.1) is 0 Å². The summed E-state index contributed by atoms with van der Waals surface area (Å²) >= 11 is 0. The van der Waals surface area contributed by atoms with Crippen LogP contribution in [-0.2, 0) is 0 Å². The van der Waals surface area contributed by atoms with Gasteiger partial charge in [0.25, 0.3) is 0 Å². The summed E-state index contributed by atoms with van der Waals surface area (Å²) in [7, 11) is 0. The molecule has 0 bridgehead atoms. The van der Waals surface area contributed by atoms with Gasteiger partial charge in [0, 0.05) is 45.2 Å². The molecule has 1 aliphatic heterocycles. The summed E-state index contributed by atoms with van der Waals surface area (Å²) in [6, 6.07) is 65.7. The van der Waals surface area contributed by atoms with E-state index >= 15 is 0 Å². The van der Waals surface area contributed by atoms with Crippen molar-refractivity contribution >= 4 is 27.9 Å². The van der Waals surface area contributed by atoms with Crippen LogP contribution in [0.4, 0.5) is 0 Å². The van der Waals surface area contributed by atoms with E-state index in [2.05, 4.69) is 182 Å². The fraction of sp³-hybridized carbons (Fsp3) is 0.0727. The summed E-state index contributed by atoms with van der Waals surface area (Å²) in [6.45, 7) is 0. The van der Waals surface area contributed by atoms with Gasteiger partial charge in [0.2, 0.25) is 0 Å². The number of rotatable bonds is 8. The van der Waals surface area contributed by atoms with Crippen molar-refractivity contribution in [3.63, 3.8) is 0 Å². The lowest BCUT2D eigenvalue weighted by Crippen LogP contribution is -2.33. The van der Waals surface area contributed by atoms with Crippen LogP contribution in [0.1, 0.15) is 40.2 Å². The number of nitrogens with zero attached hydrogens (tertiary/aromatic N) is 3. The second-order valence-electron chi connectivity index (χ2n) is 15.2. The molecule has 7 aromatic carbocycles. The lowest BCUT2D eigenvalue weighted by Gasteiger charge is -2.37. The van der Waals surface area contributed by atoms with Crippen LogP contribution >= 0.6 is 0 Å². The molecule has 4 heteroatoms. The van der Waals surface area contributed by atoms with Gasteiger partial charge in [0.05, 0.1) is 23.0 Å². The van der Waals surface area contributed by atoms with Gasteiger partial charge in [-0.25, -0.2) is 9.97 Å². The van der Waals surface area contributed by atoms with Gasteiger partial charge in [-0.3, -0.25) is 4.99 Å². The first-order valence-electron chi connectivity index (χ1n) is 20.3. The van der Waals surface area contributed by atoms with Crippen molar-refractivity contribution in [1.82, 2.24) is 9.97 Å². The second-order valence-corrected chi connectivity index (χ2v) is 15.2. The first-order chi connectivity index (χ1) is 29.2. The van der Waals surface area contributed by atoms with Crippen molar-refractivity contribution in [2.24, 2.45) is 16.6 Å². The highest BCUT2D eigenvalue weighted by molar-refractivity contribution is 6.37. The largest absolute Gasteiger partial charge is 0.398 e. The number of para-hydroxylation sites is 1. The quantitative estimate of drug-likeness (QED) is 0.157. The molecule has 0 amide bonds. The molecular weight excluding hydrogens is 717 g/mol. The number of allylic oxidation sites excluding steroid dienone is 4. The van der Waals surface area contributed by atoms with E-state index in [-0.39, 0.29) is 17.9 Å². The van der Waals surface area contributed by atoms with Crippen molar-refractivity contribution in [2.45, 2.75) is 18.4 Å². The summed E-state index contributed by atoms with van der Waals surface area (Å²) < 4.78 is 0. The number of benzene rings is 7. The standard InChI is InChI=1S/C55H42N4/c56-51(40-34-32-38(33-35-40)37-18-5-1-6-19-37)50(39-20-7-2-8-21-39)54-46-29-14-13-28-45(46)49(53(58-54)41-22-9-3-10-23-41)43-26-17-27-44(36-43)52-47-30-15-16-31-48(47)57-55(59-52)42-24-11-4-12-25-42/h1-22,24-36,41,49,53H,23,56H2. The van der Waals surface area contributed by atoms with Gasteiger partial charge < -0.3 is 5.73 Å². The molecule has 10 rings (SSSR count). The molecular formula is C55H42N4. The van der Waals surface area contributed by atoms with Gasteiger partial charge in [0.1, 0.15) is 0 Å². The van der Waals surface area contributed by atoms with Gasteiger partial charge >= 0.3 is 0 Å². The summed E-state index contributed by atoms with van der Waals surface area (Å²) in [5.41, 5.74) is 21.7. The SMILES string of the molecule is NC(=C(C1=NC(C2C=CC=CC2)C(c2cccc(-c3nc(-c4ccccc4)nc4ccccc34)c2)c2ccccc21)c1ccccc1)c1ccc(-c2ccccc2)cc1. The van der Waals surface area contributed by atoms with E-state index in [4.69, 9.17) is 20.7 Å². The van der Waals surface area contributed by atoms with Crippen molar-refractivity contribution in [2.75, 3.05) is 0 Å². The fourth-order valence-electron chi connectivity index (χ4n) is 8.77. The third-order valence-electron chi connectivity index (χ3n) is 11.6. The highest BCUT2D eigenvalue weighted by atomic mass is 14.9. The zero-order valence-corrected chi connectivity index (χ0v) is 32.6. The molecule has 3 unspecified atom stereocenters. The van der Waals surface area contributed by atoms with Gasteiger partial charge in [-0.05, 0) is 51.9 Å². The summed E-state index contributed by atoms with van der Waals surface area (Å²) in [6.07, 6.45) is 9.81. The molecule has 2 aliphatic rings. The first-order valence-corrected chi connectivity index (χ1v) is 20.3. The van der Waals surface area contributed by atoms with E-state index < -0.39 is 0 Å².